The largest absolute Gasteiger partial charge is 0.507 e. The second kappa shape index (κ2) is 3.75. The van der Waals surface area contributed by atoms with Crippen LogP contribution in [0.15, 0.2) is 12.1 Å². The molecular formula is C9H8ClFO2. The van der Waals surface area contributed by atoms with Crippen molar-refractivity contribution < 1.29 is 14.3 Å². The van der Waals surface area contributed by atoms with Crippen molar-refractivity contribution in [2.24, 2.45) is 0 Å². The quantitative estimate of drug-likeness (QED) is 0.590. The van der Waals surface area contributed by atoms with Crippen LogP contribution in [-0.2, 0) is 0 Å². The van der Waals surface area contributed by atoms with Crippen molar-refractivity contribution in [3.63, 3.8) is 0 Å². The maximum Gasteiger partial charge on any atom is 0.184 e. The lowest BCUT2D eigenvalue weighted by Crippen LogP contribution is -2.04. The molecule has 2 nitrogen and oxygen atoms in total. The lowest BCUT2D eigenvalue weighted by molar-refractivity contribution is 0.101. The number of aromatic hydroxyl groups is 1. The zero-order valence-electron chi connectivity index (χ0n) is 6.97. The monoisotopic (exact) mass is 202 g/mol. The number of rotatable bonds is 2. The van der Waals surface area contributed by atoms with E-state index in [9.17, 15) is 14.3 Å². The average molecular weight is 203 g/mol. The lowest BCUT2D eigenvalue weighted by atomic mass is 10.1. The zero-order valence-corrected chi connectivity index (χ0v) is 7.73. The SMILES string of the molecule is Cc1cc(O)c(C(=O)CCl)c(F)c1. The second-order valence-electron chi connectivity index (χ2n) is 2.70. The van der Waals surface area contributed by atoms with Crippen molar-refractivity contribution in [3.8, 4) is 5.75 Å². The Morgan fingerprint density at radius 2 is 2.23 bits per heavy atom. The number of phenols is 1. The number of Topliss-reactive ketones (excluding diaryl/α,β-unsaturated/α-hetero) is 1. The molecule has 70 valence electrons. The highest BCUT2D eigenvalue weighted by atomic mass is 35.5. The Hall–Kier alpha value is -1.09. The summed E-state index contributed by atoms with van der Waals surface area (Å²) >= 11 is 5.24. The molecule has 0 fully saturated rings. The Bertz CT molecular complexity index is 326. The molecule has 0 atom stereocenters. The van der Waals surface area contributed by atoms with Crippen molar-refractivity contribution in [2.45, 2.75) is 6.92 Å². The summed E-state index contributed by atoms with van der Waals surface area (Å²) in [7, 11) is 0. The smallest absolute Gasteiger partial charge is 0.184 e. The minimum Gasteiger partial charge on any atom is -0.507 e. The van der Waals surface area contributed by atoms with Gasteiger partial charge in [-0.1, -0.05) is 0 Å². The van der Waals surface area contributed by atoms with Crippen molar-refractivity contribution in [1.29, 1.82) is 0 Å². The summed E-state index contributed by atoms with van der Waals surface area (Å²) in [5.41, 5.74) is 0.224. The Morgan fingerprint density at radius 1 is 1.62 bits per heavy atom. The van der Waals surface area contributed by atoms with Crippen LogP contribution in [0.5, 0.6) is 5.75 Å². The molecule has 0 aromatic heterocycles. The highest BCUT2D eigenvalue weighted by Gasteiger charge is 2.15. The molecule has 1 aromatic carbocycles. The van der Waals surface area contributed by atoms with Gasteiger partial charge < -0.3 is 5.11 Å². The van der Waals surface area contributed by atoms with E-state index in [0.29, 0.717) is 5.56 Å². The van der Waals surface area contributed by atoms with Gasteiger partial charge in [0.05, 0.1) is 11.4 Å². The molecular weight excluding hydrogens is 195 g/mol. The topological polar surface area (TPSA) is 37.3 Å². The van der Waals surface area contributed by atoms with Crippen LogP contribution in [0.4, 0.5) is 4.39 Å². The summed E-state index contributed by atoms with van der Waals surface area (Å²) in [6.07, 6.45) is 0. The first-order chi connectivity index (χ1) is 6.06. The molecule has 0 bridgehead atoms. The average Bonchev–Trinajstić information content (AvgIpc) is 2.02. The number of benzene rings is 1. The van der Waals surface area contributed by atoms with Gasteiger partial charge in [-0.25, -0.2) is 4.39 Å². The Labute approximate surface area is 80.0 Å². The number of halogens is 2. The molecule has 4 heteroatoms. The number of aryl methyl sites for hydroxylation is 1. The summed E-state index contributed by atoms with van der Waals surface area (Å²) < 4.78 is 13.1. The fourth-order valence-electron chi connectivity index (χ4n) is 1.07. The van der Waals surface area contributed by atoms with Crippen molar-refractivity contribution in [1.82, 2.24) is 0 Å². The van der Waals surface area contributed by atoms with E-state index in [4.69, 9.17) is 11.6 Å². The highest BCUT2D eigenvalue weighted by molar-refractivity contribution is 6.30. The van der Waals surface area contributed by atoms with Crippen LogP contribution in [0.3, 0.4) is 0 Å². The van der Waals surface area contributed by atoms with Gasteiger partial charge in [-0.15, -0.1) is 11.6 Å². The summed E-state index contributed by atoms with van der Waals surface area (Å²) in [6, 6.07) is 2.50. The van der Waals surface area contributed by atoms with E-state index in [-0.39, 0.29) is 17.2 Å². The summed E-state index contributed by atoms with van der Waals surface area (Å²) in [4.78, 5) is 11.0. The van der Waals surface area contributed by atoms with Gasteiger partial charge in [0.15, 0.2) is 5.78 Å². The van der Waals surface area contributed by atoms with Crippen LogP contribution >= 0.6 is 11.6 Å². The first kappa shape index (κ1) is 9.99. The zero-order chi connectivity index (χ0) is 10.0. The third-order valence-electron chi connectivity index (χ3n) is 1.61. The summed E-state index contributed by atoms with van der Waals surface area (Å²) in [5.74, 6) is -2.05. The molecule has 0 aliphatic rings. The molecule has 0 heterocycles. The van der Waals surface area contributed by atoms with Crippen molar-refractivity contribution in [2.75, 3.05) is 5.88 Å². The number of hydrogen-bond acceptors (Lipinski definition) is 2. The van der Waals surface area contributed by atoms with Crippen LogP contribution in [0, 0.1) is 12.7 Å². The van der Waals surface area contributed by atoms with Crippen molar-refractivity contribution in [3.05, 3.63) is 29.1 Å². The molecule has 1 aromatic rings. The molecule has 0 saturated heterocycles. The Morgan fingerprint density at radius 3 is 2.69 bits per heavy atom. The van der Waals surface area contributed by atoms with Crippen LogP contribution < -0.4 is 0 Å². The maximum atomic E-state index is 13.1. The number of alkyl halides is 1. The van der Waals surface area contributed by atoms with Gasteiger partial charge >= 0.3 is 0 Å². The number of carbonyl (C=O) groups is 1. The first-order valence-electron chi connectivity index (χ1n) is 3.64. The molecule has 0 saturated carbocycles. The van der Waals surface area contributed by atoms with Gasteiger partial charge in [0.2, 0.25) is 0 Å². The second-order valence-corrected chi connectivity index (χ2v) is 2.96. The van der Waals surface area contributed by atoms with E-state index in [2.05, 4.69) is 0 Å². The van der Waals surface area contributed by atoms with Crippen LogP contribution in [-0.4, -0.2) is 16.8 Å². The number of carbonyl (C=O) groups excluding carboxylic acids is 1. The summed E-state index contributed by atoms with van der Waals surface area (Å²) in [6.45, 7) is 1.62. The van der Waals surface area contributed by atoms with Crippen LogP contribution in [0.2, 0.25) is 0 Å². The lowest BCUT2D eigenvalue weighted by Gasteiger charge is -2.04. The number of ketones is 1. The third-order valence-corrected chi connectivity index (χ3v) is 1.86. The van der Waals surface area contributed by atoms with E-state index in [0.717, 1.165) is 0 Å². The molecule has 0 aliphatic heterocycles. The molecule has 0 radical (unpaired) electrons. The van der Waals surface area contributed by atoms with E-state index in [1.807, 2.05) is 0 Å². The predicted octanol–water partition coefficient (Wildman–Crippen LogP) is 2.26. The van der Waals surface area contributed by atoms with Gasteiger partial charge in [0, 0.05) is 0 Å². The van der Waals surface area contributed by atoms with Gasteiger partial charge in [-0.05, 0) is 24.6 Å². The molecule has 0 spiro atoms. The van der Waals surface area contributed by atoms with Gasteiger partial charge in [-0.3, -0.25) is 4.79 Å². The third kappa shape index (κ3) is 1.98. The molecule has 13 heavy (non-hydrogen) atoms. The van der Waals surface area contributed by atoms with Crippen LogP contribution in [0.25, 0.3) is 0 Å². The summed E-state index contributed by atoms with van der Waals surface area (Å²) in [5, 5.41) is 9.25. The predicted molar refractivity (Wildman–Crippen MR) is 47.9 cm³/mol. The van der Waals surface area contributed by atoms with Gasteiger partial charge in [-0.2, -0.15) is 0 Å². The van der Waals surface area contributed by atoms with E-state index in [1.165, 1.54) is 12.1 Å². The Balaban J connectivity index is 3.28. The molecule has 0 unspecified atom stereocenters. The van der Waals surface area contributed by atoms with E-state index >= 15 is 0 Å². The molecule has 0 aliphatic carbocycles. The van der Waals surface area contributed by atoms with Crippen molar-refractivity contribution >= 4 is 17.4 Å². The maximum absolute atomic E-state index is 13.1. The van der Waals surface area contributed by atoms with Gasteiger partial charge in [0.1, 0.15) is 11.6 Å². The Kier molecular flexibility index (Phi) is 2.88. The van der Waals surface area contributed by atoms with Gasteiger partial charge in [0.25, 0.3) is 0 Å². The number of hydrogen-bond donors (Lipinski definition) is 1. The van der Waals surface area contributed by atoms with E-state index in [1.54, 1.807) is 6.92 Å². The highest BCUT2D eigenvalue weighted by Crippen LogP contribution is 2.22. The first-order valence-corrected chi connectivity index (χ1v) is 4.18. The number of phenolic OH excluding ortho intramolecular Hbond substituents is 1. The standard InChI is InChI=1S/C9H8ClFO2/c1-5-2-6(11)9(7(12)3-5)8(13)4-10/h2-3,12H,4H2,1H3. The minimum absolute atomic E-state index is 0.333. The molecule has 0 amide bonds. The van der Waals surface area contributed by atoms with Crippen LogP contribution in [0.1, 0.15) is 15.9 Å². The minimum atomic E-state index is -0.733. The molecule has 1 N–H and O–H groups in total. The van der Waals surface area contributed by atoms with E-state index < -0.39 is 11.6 Å². The molecule has 1 rings (SSSR count). The fourth-order valence-corrected chi connectivity index (χ4v) is 1.20. The fraction of sp³-hybridized carbons (Fsp3) is 0.222. The normalized spacial score (nSPS) is 10.1.